The van der Waals surface area contributed by atoms with Crippen molar-refractivity contribution < 1.29 is 43.3 Å². The van der Waals surface area contributed by atoms with E-state index >= 15 is 0 Å². The van der Waals surface area contributed by atoms with Crippen LogP contribution in [0.4, 0.5) is 25.8 Å². The van der Waals surface area contributed by atoms with E-state index < -0.39 is 52.5 Å². The van der Waals surface area contributed by atoms with Crippen LogP contribution in [0.25, 0.3) is 0 Å². The first-order chi connectivity index (χ1) is 19.4. The van der Waals surface area contributed by atoms with E-state index in [0.717, 1.165) is 4.90 Å². The van der Waals surface area contributed by atoms with Gasteiger partial charge in [0.15, 0.2) is 5.54 Å². The van der Waals surface area contributed by atoms with E-state index in [9.17, 15) is 29.1 Å². The average Bonchev–Trinajstić information content (AvgIpc) is 3.10. The van der Waals surface area contributed by atoms with E-state index in [1.807, 2.05) is 0 Å². The van der Waals surface area contributed by atoms with Gasteiger partial charge in [-0.15, -0.1) is 0 Å². The second-order valence-electron chi connectivity index (χ2n) is 14.0. The number of carbonyl (C=O) groups excluding carboxylic acids is 4. The Morgan fingerprint density at radius 2 is 1.37 bits per heavy atom. The summed E-state index contributed by atoms with van der Waals surface area (Å²) >= 11 is 0. The van der Waals surface area contributed by atoms with E-state index in [1.54, 1.807) is 80.3 Å². The molecule has 2 heterocycles. The summed E-state index contributed by atoms with van der Waals surface area (Å²) in [5.74, 6) is -1.65. The highest BCUT2D eigenvalue weighted by Crippen LogP contribution is 2.40. The van der Waals surface area contributed by atoms with Crippen molar-refractivity contribution in [2.75, 3.05) is 36.5 Å². The first kappa shape index (κ1) is 33.5. The fourth-order valence-corrected chi connectivity index (χ4v) is 4.89. The molecule has 13 heteroatoms. The van der Waals surface area contributed by atoms with Crippen molar-refractivity contribution in [3.05, 3.63) is 23.3 Å². The van der Waals surface area contributed by atoms with E-state index in [2.05, 4.69) is 0 Å². The molecule has 0 radical (unpaired) electrons. The average molecular weight is 605 g/mol. The molecule has 2 aliphatic rings. The Morgan fingerprint density at radius 3 is 1.84 bits per heavy atom. The van der Waals surface area contributed by atoms with Gasteiger partial charge in [-0.2, -0.15) is 4.90 Å². The van der Waals surface area contributed by atoms with Crippen molar-refractivity contribution in [1.82, 2.24) is 9.80 Å². The third-order valence-corrected chi connectivity index (χ3v) is 6.72. The highest BCUT2D eigenvalue weighted by molar-refractivity contribution is 6.16. The molecule has 0 aliphatic carbocycles. The van der Waals surface area contributed by atoms with E-state index in [-0.39, 0.29) is 37.4 Å². The molecule has 238 valence electrons. The topological polar surface area (TPSA) is 146 Å². The number of nitrogens with zero attached hydrogens (tertiary/aromatic N) is 4. The Kier molecular flexibility index (Phi) is 8.74. The maximum atomic E-state index is 13.5. The molecule has 0 saturated carbocycles. The molecule has 0 aromatic heterocycles. The number of carbonyl (C=O) groups is 5. The van der Waals surface area contributed by atoms with E-state index in [0.29, 0.717) is 11.3 Å². The summed E-state index contributed by atoms with van der Waals surface area (Å²) in [5.41, 5.74) is -3.23. The summed E-state index contributed by atoms with van der Waals surface area (Å²) in [4.78, 5) is 70.9. The minimum Gasteiger partial charge on any atom is -0.479 e. The summed E-state index contributed by atoms with van der Waals surface area (Å²) in [6.07, 6.45) is -2.76. The Morgan fingerprint density at radius 1 is 0.860 bits per heavy atom. The Hall–Kier alpha value is -4.03. The number of carboxylic acids is 1. The van der Waals surface area contributed by atoms with E-state index in [1.165, 1.54) is 22.8 Å². The number of carboxylic acid groups (broad SMARTS) is 1. The molecule has 1 aromatic carbocycles. The number of fused-ring (bicyclic) bond motifs is 1. The van der Waals surface area contributed by atoms with Gasteiger partial charge in [-0.05, 0) is 81.4 Å². The molecule has 1 fully saturated rings. The van der Waals surface area contributed by atoms with Crippen LogP contribution in [0.3, 0.4) is 0 Å². The molecule has 43 heavy (non-hydrogen) atoms. The maximum absolute atomic E-state index is 13.5. The molecule has 1 unspecified atom stereocenters. The predicted molar refractivity (Wildman–Crippen MR) is 158 cm³/mol. The van der Waals surface area contributed by atoms with Crippen LogP contribution in [-0.2, 0) is 25.5 Å². The molecule has 1 N–H and O–H groups in total. The molecular weight excluding hydrogens is 560 g/mol. The quantitative estimate of drug-likeness (QED) is 0.475. The van der Waals surface area contributed by atoms with Crippen molar-refractivity contribution in [2.45, 2.75) is 98.1 Å². The monoisotopic (exact) mass is 604 g/mol. The van der Waals surface area contributed by atoms with Gasteiger partial charge in [0.2, 0.25) is 0 Å². The van der Waals surface area contributed by atoms with Gasteiger partial charge in [-0.1, -0.05) is 0 Å². The fourth-order valence-electron chi connectivity index (χ4n) is 4.89. The summed E-state index contributed by atoms with van der Waals surface area (Å²) in [6.45, 7) is 16.8. The van der Waals surface area contributed by atoms with Crippen LogP contribution in [0.1, 0.15) is 85.2 Å². The molecule has 4 amide bonds. The van der Waals surface area contributed by atoms with Gasteiger partial charge in [0.25, 0.3) is 5.91 Å². The van der Waals surface area contributed by atoms with Crippen molar-refractivity contribution >= 4 is 41.5 Å². The van der Waals surface area contributed by atoms with Crippen LogP contribution in [0.15, 0.2) is 12.1 Å². The van der Waals surface area contributed by atoms with E-state index in [4.69, 9.17) is 14.2 Å². The van der Waals surface area contributed by atoms with Crippen LogP contribution in [0.2, 0.25) is 0 Å². The number of anilines is 2. The Balaban J connectivity index is 2.11. The van der Waals surface area contributed by atoms with Crippen LogP contribution < -0.4 is 9.80 Å². The number of ether oxygens (including phenoxy) is 3. The van der Waals surface area contributed by atoms with Crippen LogP contribution in [0.5, 0.6) is 0 Å². The zero-order chi connectivity index (χ0) is 32.9. The summed E-state index contributed by atoms with van der Waals surface area (Å²) in [5, 5.41) is 10.2. The van der Waals surface area contributed by atoms with Gasteiger partial charge < -0.3 is 29.1 Å². The minimum atomic E-state index is -1.65. The largest absolute Gasteiger partial charge is 0.479 e. The number of hydrogen-bond donors (Lipinski definition) is 1. The Bertz CT molecular complexity index is 1290. The van der Waals surface area contributed by atoms with Crippen LogP contribution in [0, 0.1) is 0 Å². The number of aliphatic carboxylic acids is 1. The summed E-state index contributed by atoms with van der Waals surface area (Å²) < 4.78 is 16.5. The molecule has 2 aliphatic heterocycles. The summed E-state index contributed by atoms with van der Waals surface area (Å²) in [7, 11) is 1.59. The third-order valence-electron chi connectivity index (χ3n) is 6.72. The molecule has 13 nitrogen and oxygen atoms in total. The maximum Gasteiger partial charge on any atom is 0.424 e. The number of imide groups is 1. The molecule has 1 atom stereocenters. The number of hydrogen-bond acceptors (Lipinski definition) is 9. The van der Waals surface area contributed by atoms with Crippen molar-refractivity contribution in [3.63, 3.8) is 0 Å². The number of rotatable bonds is 3. The van der Waals surface area contributed by atoms with Crippen molar-refractivity contribution in [3.8, 4) is 0 Å². The first-order valence-electron chi connectivity index (χ1n) is 14.1. The lowest BCUT2D eigenvalue weighted by Gasteiger charge is -2.47. The fraction of sp³-hybridized carbons (Fsp3) is 0.633. The van der Waals surface area contributed by atoms with Crippen LogP contribution in [-0.4, -0.2) is 94.1 Å². The Labute approximate surface area is 252 Å². The molecule has 0 spiro atoms. The normalized spacial score (nSPS) is 19.1. The molecule has 0 bridgehead atoms. The lowest BCUT2D eigenvalue weighted by Crippen LogP contribution is -2.67. The van der Waals surface area contributed by atoms with Gasteiger partial charge in [-0.3, -0.25) is 9.69 Å². The smallest absolute Gasteiger partial charge is 0.424 e. The third kappa shape index (κ3) is 7.31. The second-order valence-corrected chi connectivity index (χ2v) is 14.0. The number of benzene rings is 1. The van der Waals surface area contributed by atoms with Gasteiger partial charge >= 0.3 is 24.2 Å². The highest BCUT2D eigenvalue weighted by Gasteiger charge is 2.49. The zero-order valence-corrected chi connectivity index (χ0v) is 27.0. The van der Waals surface area contributed by atoms with Gasteiger partial charge in [0.05, 0.1) is 17.8 Å². The van der Waals surface area contributed by atoms with Crippen LogP contribution >= 0.6 is 0 Å². The minimum absolute atomic E-state index is 0.00927. The SMILES string of the molecule is CN1Cc2c(N3CCN(C(=O)OC(C)(C)C)C(C)(C(=O)O)C3)ccc(N(C(=O)OC(C)(C)C)C(=O)OC(C)(C)C)c2C1=O. The first-order valence-corrected chi connectivity index (χ1v) is 14.1. The lowest BCUT2D eigenvalue weighted by atomic mass is 9.94. The molecule has 3 rings (SSSR count). The predicted octanol–water partition coefficient (Wildman–Crippen LogP) is 4.85. The molecular formula is C30H44N4O9. The highest BCUT2D eigenvalue weighted by atomic mass is 16.6. The lowest BCUT2D eigenvalue weighted by molar-refractivity contribution is -0.150. The second kappa shape index (κ2) is 11.2. The van der Waals surface area contributed by atoms with Crippen molar-refractivity contribution in [2.24, 2.45) is 0 Å². The molecule has 1 saturated heterocycles. The van der Waals surface area contributed by atoms with Gasteiger partial charge in [0.1, 0.15) is 16.8 Å². The number of piperazine rings is 1. The standard InChI is InChI=1S/C30H44N4O9/c1-27(2,3)41-24(38)33-15-14-32(17-30(33,10)23(36)37)19-12-13-20(21-18(19)16-31(11)22(21)35)34(25(39)42-28(4,5)6)26(40)43-29(7,8)9/h12-13H,14-17H2,1-11H3,(H,36,37). The van der Waals surface area contributed by atoms with Gasteiger partial charge in [-0.25, -0.2) is 19.2 Å². The molecule has 1 aromatic rings. The number of amides is 4. The van der Waals surface area contributed by atoms with Crippen molar-refractivity contribution in [1.29, 1.82) is 0 Å². The summed E-state index contributed by atoms with van der Waals surface area (Å²) in [6, 6.07) is 3.09. The van der Waals surface area contributed by atoms with Gasteiger partial charge in [0, 0.05) is 37.9 Å². The zero-order valence-electron chi connectivity index (χ0n) is 27.0.